The molecular weight excluding hydrogens is 315 g/mol. The number of ether oxygens (including phenoxy) is 1. The molecule has 0 saturated carbocycles. The van der Waals surface area contributed by atoms with Crippen LogP contribution in [0.3, 0.4) is 0 Å². The second kappa shape index (κ2) is 6.75. The summed E-state index contributed by atoms with van der Waals surface area (Å²) in [5, 5.41) is 3.18. The summed E-state index contributed by atoms with van der Waals surface area (Å²) < 4.78 is 19.4. The summed E-state index contributed by atoms with van der Waals surface area (Å²) in [6, 6.07) is 11.3. The largest absolute Gasteiger partial charge is 0.494 e. The van der Waals surface area contributed by atoms with Crippen molar-refractivity contribution >= 4 is 32.6 Å². The lowest BCUT2D eigenvalue weighted by Gasteiger charge is -2.05. The van der Waals surface area contributed by atoms with Gasteiger partial charge in [-0.1, -0.05) is 18.3 Å². The molecule has 118 valence electrons. The Balaban J connectivity index is 1.72. The number of benzene rings is 2. The average molecular weight is 330 g/mol. The van der Waals surface area contributed by atoms with Crippen LogP contribution in [0.15, 0.2) is 42.5 Å². The van der Waals surface area contributed by atoms with Gasteiger partial charge in [-0.05, 0) is 48.9 Å². The van der Waals surface area contributed by atoms with Gasteiger partial charge >= 0.3 is 0 Å². The maximum Gasteiger partial charge on any atom is 0.257 e. The zero-order chi connectivity index (χ0) is 16.2. The van der Waals surface area contributed by atoms with Gasteiger partial charge in [0.25, 0.3) is 5.91 Å². The third kappa shape index (κ3) is 3.65. The SMILES string of the molecule is CCCOc1ccc(C(=O)Nc2nc3ccc(F)cc3s2)cc1. The Labute approximate surface area is 136 Å². The average Bonchev–Trinajstić information content (AvgIpc) is 2.94. The van der Waals surface area contributed by atoms with Gasteiger partial charge in [-0.2, -0.15) is 0 Å². The lowest BCUT2D eigenvalue weighted by Crippen LogP contribution is -2.11. The number of hydrogen-bond donors (Lipinski definition) is 1. The third-order valence-electron chi connectivity index (χ3n) is 3.16. The zero-order valence-electron chi connectivity index (χ0n) is 12.5. The van der Waals surface area contributed by atoms with Gasteiger partial charge < -0.3 is 4.74 Å². The molecule has 0 saturated heterocycles. The van der Waals surface area contributed by atoms with Crippen molar-refractivity contribution in [2.24, 2.45) is 0 Å². The lowest BCUT2D eigenvalue weighted by atomic mass is 10.2. The highest BCUT2D eigenvalue weighted by Crippen LogP contribution is 2.27. The van der Waals surface area contributed by atoms with E-state index in [4.69, 9.17) is 4.74 Å². The molecule has 0 fully saturated rings. The summed E-state index contributed by atoms with van der Waals surface area (Å²) in [5.41, 5.74) is 1.18. The summed E-state index contributed by atoms with van der Waals surface area (Å²) in [4.78, 5) is 16.5. The molecule has 0 unspecified atom stereocenters. The van der Waals surface area contributed by atoms with Crippen LogP contribution in [0.5, 0.6) is 5.75 Å². The van der Waals surface area contributed by atoms with Crippen LogP contribution in [-0.2, 0) is 0 Å². The molecule has 1 heterocycles. The molecule has 4 nitrogen and oxygen atoms in total. The topological polar surface area (TPSA) is 51.2 Å². The number of amides is 1. The fourth-order valence-corrected chi connectivity index (χ4v) is 2.93. The number of fused-ring (bicyclic) bond motifs is 1. The molecule has 6 heteroatoms. The van der Waals surface area contributed by atoms with E-state index in [0.717, 1.165) is 12.2 Å². The summed E-state index contributed by atoms with van der Waals surface area (Å²) in [6.07, 6.45) is 0.931. The Bertz CT molecular complexity index is 830. The van der Waals surface area contributed by atoms with E-state index in [2.05, 4.69) is 10.3 Å². The molecule has 0 aliphatic rings. The molecule has 0 spiro atoms. The smallest absolute Gasteiger partial charge is 0.257 e. The number of carbonyl (C=O) groups is 1. The van der Waals surface area contributed by atoms with Crippen LogP contribution in [0.4, 0.5) is 9.52 Å². The van der Waals surface area contributed by atoms with Gasteiger partial charge in [-0.25, -0.2) is 9.37 Å². The van der Waals surface area contributed by atoms with E-state index < -0.39 is 0 Å². The van der Waals surface area contributed by atoms with Gasteiger partial charge in [0.1, 0.15) is 11.6 Å². The second-order valence-electron chi connectivity index (χ2n) is 4.96. The van der Waals surface area contributed by atoms with Crippen molar-refractivity contribution in [2.45, 2.75) is 13.3 Å². The van der Waals surface area contributed by atoms with Crippen LogP contribution in [0.2, 0.25) is 0 Å². The predicted molar refractivity (Wildman–Crippen MR) is 89.8 cm³/mol. The van der Waals surface area contributed by atoms with E-state index in [0.29, 0.717) is 27.5 Å². The van der Waals surface area contributed by atoms with Crippen LogP contribution in [-0.4, -0.2) is 17.5 Å². The van der Waals surface area contributed by atoms with Crippen LogP contribution in [0.1, 0.15) is 23.7 Å². The molecule has 1 aromatic heterocycles. The molecule has 2 aromatic carbocycles. The van der Waals surface area contributed by atoms with Gasteiger partial charge in [0.15, 0.2) is 5.13 Å². The minimum Gasteiger partial charge on any atom is -0.494 e. The minimum absolute atomic E-state index is 0.258. The number of anilines is 1. The van der Waals surface area contributed by atoms with Crippen LogP contribution in [0, 0.1) is 5.82 Å². The number of thiazole rings is 1. The van der Waals surface area contributed by atoms with Crippen molar-refractivity contribution in [2.75, 3.05) is 11.9 Å². The first-order valence-electron chi connectivity index (χ1n) is 7.26. The number of aromatic nitrogens is 1. The van der Waals surface area contributed by atoms with Crippen LogP contribution < -0.4 is 10.1 Å². The fraction of sp³-hybridized carbons (Fsp3) is 0.176. The molecule has 1 N–H and O–H groups in total. The van der Waals surface area contributed by atoms with Gasteiger partial charge in [0.05, 0.1) is 16.8 Å². The zero-order valence-corrected chi connectivity index (χ0v) is 13.3. The Morgan fingerprint density at radius 1 is 1.26 bits per heavy atom. The van der Waals surface area contributed by atoms with Crippen LogP contribution in [0.25, 0.3) is 10.2 Å². The molecule has 3 rings (SSSR count). The number of carbonyl (C=O) groups excluding carboxylic acids is 1. The standard InChI is InChI=1S/C17H15FN2O2S/c1-2-9-22-13-6-3-11(4-7-13)16(21)20-17-19-14-8-5-12(18)10-15(14)23-17/h3-8,10H,2,9H2,1H3,(H,19,20,21). The highest BCUT2D eigenvalue weighted by molar-refractivity contribution is 7.22. The Morgan fingerprint density at radius 3 is 2.78 bits per heavy atom. The van der Waals surface area contributed by atoms with Crippen molar-refractivity contribution in [3.05, 3.63) is 53.8 Å². The summed E-state index contributed by atoms with van der Waals surface area (Å²) >= 11 is 1.24. The number of rotatable bonds is 5. The molecule has 0 atom stereocenters. The molecule has 0 aliphatic heterocycles. The van der Waals surface area contributed by atoms with E-state index >= 15 is 0 Å². The third-order valence-corrected chi connectivity index (χ3v) is 4.09. The van der Waals surface area contributed by atoms with Gasteiger partial charge in [0.2, 0.25) is 0 Å². The monoisotopic (exact) mass is 330 g/mol. The summed E-state index contributed by atoms with van der Waals surface area (Å²) in [7, 11) is 0. The molecule has 0 bridgehead atoms. The first-order chi connectivity index (χ1) is 11.2. The highest BCUT2D eigenvalue weighted by Gasteiger charge is 2.10. The summed E-state index contributed by atoms with van der Waals surface area (Å²) in [5.74, 6) is 0.159. The number of nitrogens with one attached hydrogen (secondary N) is 1. The quantitative estimate of drug-likeness (QED) is 0.750. The normalized spacial score (nSPS) is 10.7. The fourth-order valence-electron chi connectivity index (χ4n) is 2.04. The maximum atomic E-state index is 13.2. The summed E-state index contributed by atoms with van der Waals surface area (Å²) in [6.45, 7) is 2.68. The molecule has 3 aromatic rings. The predicted octanol–water partition coefficient (Wildman–Crippen LogP) is 4.48. The number of nitrogens with zero attached hydrogens (tertiary/aromatic N) is 1. The molecule has 0 aliphatic carbocycles. The number of halogens is 1. The van der Waals surface area contributed by atoms with Gasteiger partial charge in [-0.15, -0.1) is 0 Å². The van der Waals surface area contributed by atoms with Gasteiger partial charge in [0, 0.05) is 5.56 Å². The van der Waals surface area contributed by atoms with Crippen LogP contribution >= 0.6 is 11.3 Å². The minimum atomic E-state index is -0.318. The lowest BCUT2D eigenvalue weighted by molar-refractivity contribution is 0.102. The van der Waals surface area contributed by atoms with Crippen molar-refractivity contribution in [3.63, 3.8) is 0 Å². The maximum absolute atomic E-state index is 13.2. The van der Waals surface area contributed by atoms with Crippen molar-refractivity contribution < 1.29 is 13.9 Å². The first-order valence-corrected chi connectivity index (χ1v) is 8.07. The number of hydrogen-bond acceptors (Lipinski definition) is 4. The van der Waals surface area contributed by atoms with E-state index in [1.165, 1.54) is 23.5 Å². The van der Waals surface area contributed by atoms with E-state index in [1.807, 2.05) is 6.92 Å². The van der Waals surface area contributed by atoms with Crippen molar-refractivity contribution in [1.29, 1.82) is 0 Å². The van der Waals surface area contributed by atoms with Gasteiger partial charge in [-0.3, -0.25) is 10.1 Å². The van der Waals surface area contributed by atoms with E-state index in [-0.39, 0.29) is 11.7 Å². The second-order valence-corrected chi connectivity index (χ2v) is 5.99. The Morgan fingerprint density at radius 2 is 2.04 bits per heavy atom. The Hall–Kier alpha value is -2.47. The highest BCUT2D eigenvalue weighted by atomic mass is 32.1. The molecular formula is C17H15FN2O2S. The van der Waals surface area contributed by atoms with E-state index in [9.17, 15) is 9.18 Å². The Kier molecular flexibility index (Phi) is 4.52. The molecule has 23 heavy (non-hydrogen) atoms. The molecule has 1 amide bonds. The van der Waals surface area contributed by atoms with Crippen molar-refractivity contribution in [3.8, 4) is 5.75 Å². The first kappa shape index (κ1) is 15.4. The van der Waals surface area contributed by atoms with Crippen molar-refractivity contribution in [1.82, 2.24) is 4.98 Å². The molecule has 0 radical (unpaired) electrons. The van der Waals surface area contributed by atoms with E-state index in [1.54, 1.807) is 30.3 Å².